The number of fused-ring (bicyclic) bond motifs is 5. The highest BCUT2D eigenvalue weighted by atomic mass is 16.7. The molecule has 3 nitrogen and oxygen atoms in total. The summed E-state index contributed by atoms with van der Waals surface area (Å²) in [6.07, 6.45) is 0.705. The molecule has 68 valence electrons. The van der Waals surface area contributed by atoms with Gasteiger partial charge in [0.15, 0.2) is 0 Å². The number of hydrogen-bond acceptors (Lipinski definition) is 3. The SMILES string of the molecule is CC1C(O)C(C)[C@@H]2O[C@H]1[C@H]1O[C@H]12. The summed E-state index contributed by atoms with van der Waals surface area (Å²) in [5, 5.41) is 9.83. The predicted molar refractivity (Wildman–Crippen MR) is 41.7 cm³/mol. The lowest BCUT2D eigenvalue weighted by molar-refractivity contribution is -0.164. The third-order valence-corrected chi connectivity index (χ3v) is 3.64. The smallest absolute Gasteiger partial charge is 0.113 e. The molecule has 3 saturated heterocycles. The molecule has 0 radical (unpaired) electrons. The second-order valence-corrected chi connectivity index (χ2v) is 4.34. The molecule has 0 spiro atoms. The van der Waals surface area contributed by atoms with E-state index in [-0.39, 0.29) is 30.1 Å². The average molecular weight is 170 g/mol. The van der Waals surface area contributed by atoms with Crippen LogP contribution < -0.4 is 0 Å². The van der Waals surface area contributed by atoms with Crippen LogP contribution in [0.2, 0.25) is 0 Å². The third kappa shape index (κ3) is 0.679. The fraction of sp³-hybridized carbons (Fsp3) is 1.00. The second kappa shape index (κ2) is 2.03. The molecule has 3 aliphatic rings. The van der Waals surface area contributed by atoms with Crippen molar-refractivity contribution >= 4 is 0 Å². The lowest BCUT2D eigenvalue weighted by Crippen LogP contribution is -2.47. The van der Waals surface area contributed by atoms with Crippen molar-refractivity contribution in [3.8, 4) is 0 Å². The van der Waals surface area contributed by atoms with Gasteiger partial charge in [-0.25, -0.2) is 0 Å². The van der Waals surface area contributed by atoms with Gasteiger partial charge in [0.2, 0.25) is 0 Å². The summed E-state index contributed by atoms with van der Waals surface area (Å²) in [5.74, 6) is 0.461. The van der Waals surface area contributed by atoms with Crippen molar-refractivity contribution in [2.75, 3.05) is 0 Å². The van der Waals surface area contributed by atoms with Crippen LogP contribution in [-0.2, 0) is 9.47 Å². The third-order valence-electron chi connectivity index (χ3n) is 3.64. The summed E-state index contributed by atoms with van der Waals surface area (Å²) in [4.78, 5) is 0. The van der Waals surface area contributed by atoms with Crippen LogP contribution in [0.5, 0.6) is 0 Å². The Kier molecular flexibility index (Phi) is 1.23. The Morgan fingerprint density at radius 3 is 1.75 bits per heavy atom. The molecule has 3 fully saturated rings. The molecule has 0 aromatic heterocycles. The molecule has 0 saturated carbocycles. The van der Waals surface area contributed by atoms with E-state index in [4.69, 9.17) is 9.47 Å². The van der Waals surface area contributed by atoms with E-state index < -0.39 is 0 Å². The van der Waals surface area contributed by atoms with Gasteiger partial charge in [-0.15, -0.1) is 0 Å². The van der Waals surface area contributed by atoms with Crippen LogP contribution >= 0.6 is 0 Å². The number of aliphatic hydroxyl groups is 1. The van der Waals surface area contributed by atoms with Gasteiger partial charge in [0.1, 0.15) is 12.2 Å². The normalized spacial score (nSPS) is 67.8. The molecule has 12 heavy (non-hydrogen) atoms. The fourth-order valence-corrected chi connectivity index (χ4v) is 2.71. The summed E-state index contributed by atoms with van der Waals surface area (Å²) < 4.78 is 11.2. The summed E-state index contributed by atoms with van der Waals surface area (Å²) in [7, 11) is 0. The summed E-state index contributed by atoms with van der Waals surface area (Å²) in [6.45, 7) is 4.10. The maximum atomic E-state index is 9.83. The number of aliphatic hydroxyl groups excluding tert-OH is 1. The zero-order valence-electron chi connectivity index (χ0n) is 7.31. The molecule has 2 bridgehead atoms. The molecular formula is C9H14O3. The van der Waals surface area contributed by atoms with Crippen molar-refractivity contribution in [1.82, 2.24) is 0 Å². The molecule has 0 aliphatic carbocycles. The molecule has 3 heteroatoms. The van der Waals surface area contributed by atoms with Crippen LogP contribution in [0.3, 0.4) is 0 Å². The maximum Gasteiger partial charge on any atom is 0.113 e. The number of hydrogen-bond donors (Lipinski definition) is 1. The van der Waals surface area contributed by atoms with E-state index in [0.29, 0.717) is 12.2 Å². The zero-order chi connectivity index (χ0) is 8.46. The van der Waals surface area contributed by atoms with Gasteiger partial charge < -0.3 is 14.6 Å². The van der Waals surface area contributed by atoms with Crippen LogP contribution in [0.1, 0.15) is 13.8 Å². The van der Waals surface area contributed by atoms with Gasteiger partial charge >= 0.3 is 0 Å². The Bertz CT molecular complexity index is 198. The Morgan fingerprint density at radius 2 is 1.25 bits per heavy atom. The number of ether oxygens (including phenoxy) is 2. The molecule has 7 atom stereocenters. The van der Waals surface area contributed by atoms with Crippen molar-refractivity contribution < 1.29 is 14.6 Å². The van der Waals surface area contributed by atoms with Crippen molar-refractivity contribution in [3.63, 3.8) is 0 Å². The highest BCUT2D eigenvalue weighted by Crippen LogP contribution is 2.50. The first kappa shape index (κ1) is 7.30. The summed E-state index contributed by atoms with van der Waals surface area (Å²) >= 11 is 0. The first-order chi connectivity index (χ1) is 5.70. The van der Waals surface area contributed by atoms with E-state index in [1.165, 1.54) is 0 Å². The fourth-order valence-electron chi connectivity index (χ4n) is 2.71. The predicted octanol–water partition coefficient (Wildman–Crippen LogP) is 0.168. The molecular weight excluding hydrogens is 156 g/mol. The van der Waals surface area contributed by atoms with Crippen molar-refractivity contribution in [1.29, 1.82) is 0 Å². The van der Waals surface area contributed by atoms with Gasteiger partial charge in [-0.05, 0) is 0 Å². The number of epoxide rings is 1. The minimum absolute atomic E-state index is 0.159. The van der Waals surface area contributed by atoms with E-state index in [0.717, 1.165) is 0 Å². The van der Waals surface area contributed by atoms with Crippen LogP contribution in [0.25, 0.3) is 0 Å². The lowest BCUT2D eigenvalue weighted by atomic mass is 9.86. The largest absolute Gasteiger partial charge is 0.392 e. The van der Waals surface area contributed by atoms with Gasteiger partial charge in [-0.2, -0.15) is 0 Å². The first-order valence-corrected chi connectivity index (χ1v) is 4.69. The zero-order valence-corrected chi connectivity index (χ0v) is 7.31. The quantitative estimate of drug-likeness (QED) is 0.527. The van der Waals surface area contributed by atoms with Crippen molar-refractivity contribution in [2.45, 2.75) is 44.4 Å². The van der Waals surface area contributed by atoms with Gasteiger partial charge in [-0.1, -0.05) is 13.8 Å². The van der Waals surface area contributed by atoms with Crippen molar-refractivity contribution in [3.05, 3.63) is 0 Å². The molecule has 0 aromatic rings. The minimum atomic E-state index is -0.204. The van der Waals surface area contributed by atoms with Crippen LogP contribution in [0.4, 0.5) is 0 Å². The molecule has 1 N–H and O–H groups in total. The lowest BCUT2D eigenvalue weighted by Gasteiger charge is -2.38. The monoisotopic (exact) mass is 170 g/mol. The Labute approximate surface area is 71.7 Å². The molecule has 3 unspecified atom stereocenters. The first-order valence-electron chi connectivity index (χ1n) is 4.69. The summed E-state index contributed by atoms with van der Waals surface area (Å²) in [6, 6.07) is 0. The molecule has 3 heterocycles. The van der Waals surface area contributed by atoms with Gasteiger partial charge in [-0.3, -0.25) is 0 Å². The average Bonchev–Trinajstić information content (AvgIpc) is 2.76. The van der Waals surface area contributed by atoms with E-state index in [9.17, 15) is 5.11 Å². The summed E-state index contributed by atoms with van der Waals surface area (Å²) in [5.41, 5.74) is 0. The molecule has 3 aliphatic heterocycles. The van der Waals surface area contributed by atoms with Gasteiger partial charge in [0.25, 0.3) is 0 Å². The topological polar surface area (TPSA) is 42.0 Å². The van der Waals surface area contributed by atoms with Crippen LogP contribution in [0.15, 0.2) is 0 Å². The van der Waals surface area contributed by atoms with E-state index >= 15 is 0 Å². The van der Waals surface area contributed by atoms with E-state index in [1.807, 2.05) is 13.8 Å². The minimum Gasteiger partial charge on any atom is -0.392 e. The van der Waals surface area contributed by atoms with Crippen LogP contribution in [-0.4, -0.2) is 35.6 Å². The van der Waals surface area contributed by atoms with Gasteiger partial charge in [0, 0.05) is 11.8 Å². The molecule has 0 amide bonds. The van der Waals surface area contributed by atoms with Gasteiger partial charge in [0.05, 0.1) is 18.3 Å². The van der Waals surface area contributed by atoms with Crippen molar-refractivity contribution in [2.24, 2.45) is 11.8 Å². The van der Waals surface area contributed by atoms with Crippen LogP contribution in [0, 0.1) is 11.8 Å². The maximum absolute atomic E-state index is 9.83. The van der Waals surface area contributed by atoms with E-state index in [2.05, 4.69) is 0 Å². The highest BCUT2D eigenvalue weighted by molar-refractivity contribution is 5.11. The Balaban J connectivity index is 1.93. The highest BCUT2D eigenvalue weighted by Gasteiger charge is 2.65. The van der Waals surface area contributed by atoms with E-state index in [1.54, 1.807) is 0 Å². The Hall–Kier alpha value is -0.120. The Morgan fingerprint density at radius 1 is 0.833 bits per heavy atom. The second-order valence-electron chi connectivity index (χ2n) is 4.34. The molecule has 3 rings (SSSR count). The number of rotatable bonds is 0. The standard InChI is InChI=1S/C9H14O3/c1-3-5(10)4(2)7-9-8(12-9)6(3)11-7/h3-10H,1-2H3/t3?,4?,5?,6-,7+,8-,9+. The molecule has 0 aromatic carbocycles.